The number of halogens is 1. The van der Waals surface area contributed by atoms with Crippen LogP contribution in [0.25, 0.3) is 16.7 Å². The van der Waals surface area contributed by atoms with Gasteiger partial charge in [0.2, 0.25) is 5.91 Å². The molecule has 1 N–H and O–H groups in total. The van der Waals surface area contributed by atoms with Crippen LogP contribution < -0.4 is 5.32 Å². The van der Waals surface area contributed by atoms with E-state index >= 15 is 0 Å². The summed E-state index contributed by atoms with van der Waals surface area (Å²) in [6.45, 7) is 6.45. The van der Waals surface area contributed by atoms with Crippen molar-refractivity contribution in [1.29, 1.82) is 0 Å². The Kier molecular flexibility index (Phi) is 8.34. The standard InChI is InChI=1S/C31H33ClN2O3/c1-31(2,3)37-30(36)33-28(20-22-12-14-27(32)15-13-22)29(35)34-18-16-24(17-19-34)26-11-7-10-25(21-26)23-8-5-4-6-9-23/h4-16,21,28H,17-20H2,1-3H3,(H,33,36)/t28-/m1/s1. The van der Waals surface area contributed by atoms with Crippen molar-refractivity contribution in [2.45, 2.75) is 45.3 Å². The van der Waals surface area contributed by atoms with E-state index in [1.165, 1.54) is 16.7 Å². The van der Waals surface area contributed by atoms with Gasteiger partial charge in [0.1, 0.15) is 11.6 Å². The SMILES string of the molecule is CC(C)(C)OC(=O)N[C@H](Cc1ccc(Cl)cc1)C(=O)N1CC=C(c2cccc(-c3ccccc3)c2)CC1. The van der Waals surface area contributed by atoms with Gasteiger partial charge >= 0.3 is 6.09 Å². The Morgan fingerprint density at radius 3 is 2.27 bits per heavy atom. The highest BCUT2D eigenvalue weighted by Crippen LogP contribution is 2.27. The topological polar surface area (TPSA) is 58.6 Å². The number of nitrogens with one attached hydrogen (secondary N) is 1. The predicted molar refractivity (Wildman–Crippen MR) is 149 cm³/mol. The summed E-state index contributed by atoms with van der Waals surface area (Å²) in [5.74, 6) is -0.130. The zero-order valence-electron chi connectivity index (χ0n) is 21.5. The molecule has 3 aromatic rings. The van der Waals surface area contributed by atoms with Crippen LogP contribution in [0, 0.1) is 0 Å². The summed E-state index contributed by atoms with van der Waals surface area (Å²) in [6, 6.07) is 25.4. The van der Waals surface area contributed by atoms with Crippen LogP contribution >= 0.6 is 11.6 Å². The fourth-order valence-electron chi connectivity index (χ4n) is 4.39. The second-order valence-corrected chi connectivity index (χ2v) is 10.7. The normalized spacial score (nSPS) is 14.5. The Morgan fingerprint density at radius 2 is 1.62 bits per heavy atom. The van der Waals surface area contributed by atoms with Crippen molar-refractivity contribution < 1.29 is 14.3 Å². The molecule has 0 unspecified atom stereocenters. The lowest BCUT2D eigenvalue weighted by Gasteiger charge is -2.31. The number of benzene rings is 3. The van der Waals surface area contributed by atoms with Crippen LogP contribution in [-0.4, -0.2) is 41.6 Å². The Bertz CT molecular complexity index is 1260. The molecule has 0 bridgehead atoms. The van der Waals surface area contributed by atoms with Crippen LogP contribution in [0.4, 0.5) is 4.79 Å². The van der Waals surface area contributed by atoms with Crippen molar-refractivity contribution in [3.05, 3.63) is 101 Å². The minimum absolute atomic E-state index is 0.130. The molecule has 0 fully saturated rings. The quantitative estimate of drug-likeness (QED) is 0.394. The van der Waals surface area contributed by atoms with E-state index in [1.807, 2.05) is 30.3 Å². The maximum Gasteiger partial charge on any atom is 0.408 e. The summed E-state index contributed by atoms with van der Waals surface area (Å²) >= 11 is 6.03. The highest BCUT2D eigenvalue weighted by molar-refractivity contribution is 6.30. The van der Waals surface area contributed by atoms with Gasteiger partial charge in [0.05, 0.1) is 0 Å². The van der Waals surface area contributed by atoms with E-state index in [1.54, 1.807) is 37.8 Å². The minimum atomic E-state index is -0.743. The lowest BCUT2D eigenvalue weighted by Crippen LogP contribution is -2.51. The average molecular weight is 517 g/mol. The molecule has 1 aliphatic rings. The first-order valence-electron chi connectivity index (χ1n) is 12.6. The molecule has 0 saturated carbocycles. The first-order chi connectivity index (χ1) is 17.7. The molecule has 0 radical (unpaired) electrons. The van der Waals surface area contributed by atoms with Gasteiger partial charge in [-0.3, -0.25) is 4.79 Å². The van der Waals surface area contributed by atoms with E-state index in [4.69, 9.17) is 16.3 Å². The Labute approximate surface area is 224 Å². The van der Waals surface area contributed by atoms with E-state index in [2.05, 4.69) is 47.8 Å². The van der Waals surface area contributed by atoms with Gasteiger partial charge in [-0.25, -0.2) is 4.79 Å². The van der Waals surface area contributed by atoms with Crippen LogP contribution in [0.3, 0.4) is 0 Å². The van der Waals surface area contributed by atoms with Gasteiger partial charge in [0.15, 0.2) is 0 Å². The van der Waals surface area contributed by atoms with Crippen LogP contribution in [0.1, 0.15) is 38.3 Å². The zero-order chi connectivity index (χ0) is 26.4. The van der Waals surface area contributed by atoms with E-state index in [-0.39, 0.29) is 5.91 Å². The molecule has 6 heteroatoms. The van der Waals surface area contributed by atoms with Gasteiger partial charge in [0.25, 0.3) is 0 Å². The summed E-state index contributed by atoms with van der Waals surface area (Å²) in [5.41, 5.74) is 4.98. The average Bonchev–Trinajstić information content (AvgIpc) is 2.89. The molecule has 0 saturated heterocycles. The largest absolute Gasteiger partial charge is 0.444 e. The second-order valence-electron chi connectivity index (χ2n) is 10.2. The Morgan fingerprint density at radius 1 is 0.946 bits per heavy atom. The lowest BCUT2D eigenvalue weighted by atomic mass is 9.95. The Hall–Kier alpha value is -3.57. The monoisotopic (exact) mass is 516 g/mol. The number of nitrogens with zero attached hydrogens (tertiary/aromatic N) is 1. The lowest BCUT2D eigenvalue weighted by molar-refractivity contribution is -0.133. The molecule has 1 atom stereocenters. The molecule has 0 aliphatic carbocycles. The summed E-state index contributed by atoms with van der Waals surface area (Å²) in [6.07, 6.45) is 2.59. The number of rotatable bonds is 6. The second kappa shape index (κ2) is 11.7. The van der Waals surface area contributed by atoms with E-state index < -0.39 is 17.7 Å². The first kappa shape index (κ1) is 26.5. The van der Waals surface area contributed by atoms with Crippen LogP contribution in [0.15, 0.2) is 84.9 Å². The van der Waals surface area contributed by atoms with E-state index in [0.29, 0.717) is 24.5 Å². The van der Waals surface area contributed by atoms with E-state index in [9.17, 15) is 9.59 Å². The molecule has 37 heavy (non-hydrogen) atoms. The molecule has 192 valence electrons. The summed E-state index contributed by atoms with van der Waals surface area (Å²) in [4.78, 5) is 27.9. The number of amides is 2. The van der Waals surface area contributed by atoms with Gasteiger partial charge in [-0.1, -0.05) is 78.3 Å². The number of carbonyl (C=O) groups is 2. The molecular weight excluding hydrogens is 484 g/mol. The summed E-state index contributed by atoms with van der Waals surface area (Å²) < 4.78 is 5.43. The van der Waals surface area contributed by atoms with Crippen molar-refractivity contribution in [2.75, 3.05) is 13.1 Å². The third-order valence-corrected chi connectivity index (χ3v) is 6.46. The molecule has 5 nitrogen and oxygen atoms in total. The molecule has 2 amide bonds. The molecular formula is C31H33ClN2O3. The minimum Gasteiger partial charge on any atom is -0.444 e. The van der Waals surface area contributed by atoms with Crippen molar-refractivity contribution in [1.82, 2.24) is 10.2 Å². The van der Waals surface area contributed by atoms with Crippen molar-refractivity contribution >= 4 is 29.2 Å². The number of hydrogen-bond acceptors (Lipinski definition) is 3. The maximum atomic E-state index is 13.6. The van der Waals surface area contributed by atoms with Gasteiger partial charge in [0, 0.05) is 24.5 Å². The fourth-order valence-corrected chi connectivity index (χ4v) is 4.51. The van der Waals surface area contributed by atoms with Crippen molar-refractivity contribution in [3.63, 3.8) is 0 Å². The third-order valence-electron chi connectivity index (χ3n) is 6.20. The third kappa shape index (κ3) is 7.46. The Balaban J connectivity index is 1.48. The molecule has 4 rings (SSSR count). The molecule has 1 aliphatic heterocycles. The molecule has 0 aromatic heterocycles. The number of carbonyl (C=O) groups excluding carboxylic acids is 2. The number of ether oxygens (including phenoxy) is 1. The zero-order valence-corrected chi connectivity index (χ0v) is 22.3. The van der Waals surface area contributed by atoms with Crippen LogP contribution in [-0.2, 0) is 16.0 Å². The van der Waals surface area contributed by atoms with Crippen molar-refractivity contribution in [3.8, 4) is 11.1 Å². The van der Waals surface area contributed by atoms with Crippen molar-refractivity contribution in [2.24, 2.45) is 0 Å². The smallest absolute Gasteiger partial charge is 0.408 e. The summed E-state index contributed by atoms with van der Waals surface area (Å²) in [7, 11) is 0. The van der Waals surface area contributed by atoms with Crippen LogP contribution in [0.2, 0.25) is 5.02 Å². The predicted octanol–water partition coefficient (Wildman–Crippen LogP) is 6.76. The van der Waals surface area contributed by atoms with Gasteiger partial charge in [-0.2, -0.15) is 0 Å². The summed E-state index contributed by atoms with van der Waals surface area (Å²) in [5, 5.41) is 3.42. The van der Waals surface area contributed by atoms with Crippen LogP contribution in [0.5, 0.6) is 0 Å². The van der Waals surface area contributed by atoms with E-state index in [0.717, 1.165) is 17.5 Å². The molecule has 1 heterocycles. The maximum absolute atomic E-state index is 13.6. The van der Waals surface area contributed by atoms with Gasteiger partial charge < -0.3 is 15.0 Å². The fraction of sp³-hybridized carbons (Fsp3) is 0.290. The first-order valence-corrected chi connectivity index (χ1v) is 12.9. The number of hydrogen-bond donors (Lipinski definition) is 1. The van der Waals surface area contributed by atoms with Gasteiger partial charge in [-0.15, -0.1) is 0 Å². The molecule has 3 aromatic carbocycles. The number of alkyl carbamates (subject to hydrolysis) is 1. The highest BCUT2D eigenvalue weighted by atomic mass is 35.5. The highest BCUT2D eigenvalue weighted by Gasteiger charge is 2.29. The van der Waals surface area contributed by atoms with Gasteiger partial charge in [-0.05, 0) is 73.2 Å². The molecule has 0 spiro atoms.